The fourth-order valence-corrected chi connectivity index (χ4v) is 0.295. The topological polar surface area (TPSA) is 66.0 Å². The first-order valence-corrected chi connectivity index (χ1v) is 2.43. The van der Waals surface area contributed by atoms with E-state index in [1.54, 1.807) is 0 Å². The molecule has 0 fully saturated rings. The van der Waals surface area contributed by atoms with Gasteiger partial charge in [0.2, 0.25) is 0 Å². The standard InChI is InChI=1S/C5H6N2O2/c6-4-8-2-1-3-9-5-7/h1-3H2. The van der Waals surface area contributed by atoms with Gasteiger partial charge in [-0.25, -0.2) is 0 Å². The number of nitrogens with zero attached hydrogens (tertiary/aromatic N) is 2. The second kappa shape index (κ2) is 6.58. The lowest BCUT2D eigenvalue weighted by Crippen LogP contribution is -1.93. The normalized spacial score (nSPS) is 6.89. The Kier molecular flexibility index (Phi) is 5.54. The van der Waals surface area contributed by atoms with Gasteiger partial charge in [-0.15, -0.1) is 0 Å². The molecule has 0 aromatic rings. The summed E-state index contributed by atoms with van der Waals surface area (Å²) in [5.41, 5.74) is 0. The van der Waals surface area contributed by atoms with Crippen LogP contribution in [0.5, 0.6) is 0 Å². The SMILES string of the molecule is N#COCCCOC#N. The fraction of sp³-hybridized carbons (Fsp3) is 0.600. The van der Waals surface area contributed by atoms with Crippen LogP contribution in [0.3, 0.4) is 0 Å². The van der Waals surface area contributed by atoms with E-state index in [4.69, 9.17) is 10.5 Å². The molecule has 0 radical (unpaired) electrons. The van der Waals surface area contributed by atoms with Gasteiger partial charge in [-0.1, -0.05) is 0 Å². The molecule has 0 rings (SSSR count). The first kappa shape index (κ1) is 7.58. The first-order valence-electron chi connectivity index (χ1n) is 2.43. The predicted molar refractivity (Wildman–Crippen MR) is 27.7 cm³/mol. The van der Waals surface area contributed by atoms with E-state index >= 15 is 0 Å². The number of hydrogen-bond donors (Lipinski definition) is 0. The van der Waals surface area contributed by atoms with E-state index in [9.17, 15) is 0 Å². The number of nitriles is 2. The van der Waals surface area contributed by atoms with Gasteiger partial charge in [0.15, 0.2) is 0 Å². The molecule has 48 valence electrons. The molecule has 0 unspecified atom stereocenters. The van der Waals surface area contributed by atoms with Crippen LogP contribution >= 0.6 is 0 Å². The highest BCUT2D eigenvalue weighted by atomic mass is 16.5. The van der Waals surface area contributed by atoms with Crippen LogP contribution in [0.15, 0.2) is 0 Å². The van der Waals surface area contributed by atoms with Gasteiger partial charge < -0.3 is 9.47 Å². The zero-order chi connectivity index (χ0) is 6.95. The highest BCUT2D eigenvalue weighted by Gasteiger charge is 1.85. The summed E-state index contributed by atoms with van der Waals surface area (Å²) in [7, 11) is 0. The number of hydrogen-bond acceptors (Lipinski definition) is 4. The number of rotatable bonds is 4. The van der Waals surface area contributed by atoms with Crippen LogP contribution in [-0.2, 0) is 9.47 Å². The molecule has 0 aliphatic carbocycles. The molecule has 0 spiro atoms. The maximum Gasteiger partial charge on any atom is 0.286 e. The van der Waals surface area contributed by atoms with Crippen molar-refractivity contribution < 1.29 is 9.47 Å². The molecule has 0 amide bonds. The Balaban J connectivity index is 2.79. The lowest BCUT2D eigenvalue weighted by molar-refractivity contribution is 0.203. The summed E-state index contributed by atoms with van der Waals surface area (Å²) in [4.78, 5) is 0. The molecule has 0 saturated heterocycles. The van der Waals surface area contributed by atoms with Gasteiger partial charge in [0.05, 0.1) is 0 Å². The van der Waals surface area contributed by atoms with Crippen molar-refractivity contribution in [2.45, 2.75) is 6.42 Å². The van der Waals surface area contributed by atoms with Crippen LogP contribution in [0, 0.1) is 23.0 Å². The smallest absolute Gasteiger partial charge is 0.286 e. The molecular formula is C5H6N2O2. The molecule has 0 bridgehead atoms. The van der Waals surface area contributed by atoms with Crippen LogP contribution in [-0.4, -0.2) is 13.2 Å². The van der Waals surface area contributed by atoms with E-state index in [2.05, 4.69) is 9.47 Å². The summed E-state index contributed by atoms with van der Waals surface area (Å²) >= 11 is 0. The molecule has 4 heteroatoms. The zero-order valence-electron chi connectivity index (χ0n) is 4.83. The van der Waals surface area contributed by atoms with Gasteiger partial charge in [0, 0.05) is 6.42 Å². The van der Waals surface area contributed by atoms with Crippen molar-refractivity contribution in [1.29, 1.82) is 10.5 Å². The molecule has 9 heavy (non-hydrogen) atoms. The van der Waals surface area contributed by atoms with E-state index < -0.39 is 0 Å². The highest BCUT2D eigenvalue weighted by Crippen LogP contribution is 1.81. The van der Waals surface area contributed by atoms with E-state index in [1.807, 2.05) is 0 Å². The maximum atomic E-state index is 7.84. The van der Waals surface area contributed by atoms with Crippen molar-refractivity contribution in [2.24, 2.45) is 0 Å². The minimum atomic E-state index is 0.318. The molecule has 0 aromatic heterocycles. The van der Waals surface area contributed by atoms with Crippen molar-refractivity contribution in [3.63, 3.8) is 0 Å². The molecule has 0 aromatic carbocycles. The lowest BCUT2D eigenvalue weighted by atomic mass is 10.5. The van der Waals surface area contributed by atoms with Crippen LogP contribution in [0.4, 0.5) is 0 Å². The average molecular weight is 126 g/mol. The minimum Gasteiger partial charge on any atom is -0.427 e. The van der Waals surface area contributed by atoms with Gasteiger partial charge in [-0.2, -0.15) is 10.5 Å². The van der Waals surface area contributed by atoms with Gasteiger partial charge in [-0.3, -0.25) is 0 Å². The lowest BCUT2D eigenvalue weighted by Gasteiger charge is -1.92. The summed E-state index contributed by atoms with van der Waals surface area (Å²) in [5.74, 6) is 0. The van der Waals surface area contributed by atoms with E-state index in [0.29, 0.717) is 19.6 Å². The summed E-state index contributed by atoms with van der Waals surface area (Å²) in [6.45, 7) is 0.635. The molecule has 0 N–H and O–H groups in total. The molecule has 0 heterocycles. The molecule has 0 aliphatic rings. The summed E-state index contributed by atoms with van der Waals surface area (Å²) < 4.78 is 8.59. The third kappa shape index (κ3) is 6.58. The van der Waals surface area contributed by atoms with Crippen LogP contribution < -0.4 is 0 Å². The molecule has 0 atom stereocenters. The zero-order valence-corrected chi connectivity index (χ0v) is 4.83. The van der Waals surface area contributed by atoms with Crippen LogP contribution in [0.1, 0.15) is 6.42 Å². The quantitative estimate of drug-likeness (QED) is 0.403. The second-order valence-electron chi connectivity index (χ2n) is 1.23. The molecule has 0 aliphatic heterocycles. The minimum absolute atomic E-state index is 0.318. The Bertz CT molecular complexity index is 117. The maximum absolute atomic E-state index is 7.84. The van der Waals surface area contributed by atoms with E-state index in [0.717, 1.165) is 0 Å². The molecule has 0 saturated carbocycles. The average Bonchev–Trinajstić information content (AvgIpc) is 1.89. The van der Waals surface area contributed by atoms with Crippen molar-refractivity contribution in [3.05, 3.63) is 0 Å². The Morgan fingerprint density at radius 1 is 1.00 bits per heavy atom. The Morgan fingerprint density at radius 2 is 1.44 bits per heavy atom. The van der Waals surface area contributed by atoms with Crippen molar-refractivity contribution in [2.75, 3.05) is 13.2 Å². The van der Waals surface area contributed by atoms with Gasteiger partial charge in [0.1, 0.15) is 13.2 Å². The summed E-state index contributed by atoms with van der Waals surface area (Å²) in [6.07, 6.45) is 3.58. The van der Waals surface area contributed by atoms with Gasteiger partial charge in [0.25, 0.3) is 12.5 Å². The van der Waals surface area contributed by atoms with E-state index in [1.165, 1.54) is 12.5 Å². The first-order chi connectivity index (χ1) is 4.41. The van der Waals surface area contributed by atoms with Crippen LogP contribution in [0.2, 0.25) is 0 Å². The largest absolute Gasteiger partial charge is 0.427 e. The third-order valence-electron chi connectivity index (χ3n) is 0.622. The van der Waals surface area contributed by atoms with Crippen molar-refractivity contribution in [3.8, 4) is 12.5 Å². The fourth-order valence-electron chi connectivity index (χ4n) is 0.295. The van der Waals surface area contributed by atoms with Gasteiger partial charge >= 0.3 is 0 Å². The molecule has 4 nitrogen and oxygen atoms in total. The summed E-state index contributed by atoms with van der Waals surface area (Å²) in [5, 5.41) is 15.7. The van der Waals surface area contributed by atoms with Gasteiger partial charge in [-0.05, 0) is 0 Å². The predicted octanol–water partition coefficient (Wildman–Crippen LogP) is 0.372. The third-order valence-corrected chi connectivity index (χ3v) is 0.622. The van der Waals surface area contributed by atoms with Crippen molar-refractivity contribution in [1.82, 2.24) is 0 Å². The Morgan fingerprint density at radius 3 is 1.78 bits per heavy atom. The van der Waals surface area contributed by atoms with Crippen molar-refractivity contribution >= 4 is 0 Å². The second-order valence-corrected chi connectivity index (χ2v) is 1.23. The Labute approximate surface area is 53.2 Å². The Hall–Kier alpha value is -1.42. The number of ether oxygens (including phenoxy) is 2. The van der Waals surface area contributed by atoms with E-state index in [-0.39, 0.29) is 0 Å². The van der Waals surface area contributed by atoms with Crippen LogP contribution in [0.25, 0.3) is 0 Å². The summed E-state index contributed by atoms with van der Waals surface area (Å²) in [6, 6.07) is 0. The monoisotopic (exact) mass is 126 g/mol. The molecular weight excluding hydrogens is 120 g/mol. The highest BCUT2D eigenvalue weighted by molar-refractivity contribution is 4.50.